The highest BCUT2D eigenvalue weighted by Crippen LogP contribution is 2.22. The summed E-state index contributed by atoms with van der Waals surface area (Å²) in [6.45, 7) is 0.786. The summed E-state index contributed by atoms with van der Waals surface area (Å²) in [6.07, 6.45) is 6.77. The Labute approximate surface area is 103 Å². The Balaban J connectivity index is 1.87. The molecule has 0 atom stereocenters. The first-order valence-electron chi connectivity index (χ1n) is 5.60. The van der Waals surface area contributed by atoms with Gasteiger partial charge in [-0.1, -0.05) is 0 Å². The van der Waals surface area contributed by atoms with Crippen LogP contribution in [0.25, 0.3) is 0 Å². The molecule has 0 aromatic carbocycles. The van der Waals surface area contributed by atoms with Crippen molar-refractivity contribution in [2.75, 3.05) is 0 Å². The molecule has 0 N–H and O–H groups in total. The van der Waals surface area contributed by atoms with E-state index in [4.69, 9.17) is 4.42 Å². The van der Waals surface area contributed by atoms with Gasteiger partial charge in [0.1, 0.15) is 5.76 Å². The predicted octanol–water partition coefficient (Wildman–Crippen LogP) is 3.17. The third-order valence-corrected chi connectivity index (χ3v) is 3.49. The van der Waals surface area contributed by atoms with E-state index in [0.717, 1.165) is 29.8 Å². The topological polar surface area (TPSA) is 31.0 Å². The van der Waals surface area contributed by atoms with Gasteiger partial charge in [0.05, 0.1) is 18.6 Å². The molecule has 0 saturated heterocycles. The summed E-state index contributed by atoms with van der Waals surface area (Å²) in [5.74, 6) is 0.970. The number of hydrogen-bond acceptors (Lipinski definition) is 2. The Bertz CT molecular complexity index is 501. The molecule has 0 saturated carbocycles. The summed E-state index contributed by atoms with van der Waals surface area (Å²) in [5.41, 5.74) is 2.66. The quantitative estimate of drug-likeness (QED) is 0.846. The van der Waals surface area contributed by atoms with E-state index in [9.17, 15) is 0 Å². The first-order chi connectivity index (χ1) is 7.83. The Kier molecular flexibility index (Phi) is 2.59. The van der Waals surface area contributed by atoms with Crippen LogP contribution in [0.5, 0.6) is 0 Å². The van der Waals surface area contributed by atoms with Crippen molar-refractivity contribution in [3.63, 3.8) is 0 Å². The summed E-state index contributed by atoms with van der Waals surface area (Å²) in [6, 6.07) is 3.93. The molecular weight excluding hydrogens is 268 g/mol. The van der Waals surface area contributed by atoms with E-state index in [-0.39, 0.29) is 0 Å². The van der Waals surface area contributed by atoms with Gasteiger partial charge in [0.15, 0.2) is 4.67 Å². The molecule has 2 heterocycles. The summed E-state index contributed by atoms with van der Waals surface area (Å²) in [5, 5.41) is 0. The summed E-state index contributed by atoms with van der Waals surface area (Å²) < 4.78 is 8.51. The van der Waals surface area contributed by atoms with Gasteiger partial charge in [-0.25, -0.2) is 4.98 Å². The van der Waals surface area contributed by atoms with E-state index < -0.39 is 0 Å². The van der Waals surface area contributed by atoms with Crippen molar-refractivity contribution in [1.29, 1.82) is 0 Å². The van der Waals surface area contributed by atoms with E-state index in [1.807, 2.05) is 18.5 Å². The van der Waals surface area contributed by atoms with Crippen LogP contribution in [0.15, 0.2) is 27.5 Å². The van der Waals surface area contributed by atoms with Crippen LogP contribution in [-0.4, -0.2) is 9.55 Å². The summed E-state index contributed by atoms with van der Waals surface area (Å²) in [4.78, 5) is 4.47. The molecule has 1 aliphatic rings. The minimum Gasteiger partial charge on any atom is -0.452 e. The van der Waals surface area contributed by atoms with E-state index in [2.05, 4.69) is 25.5 Å². The van der Waals surface area contributed by atoms with Crippen LogP contribution >= 0.6 is 15.9 Å². The van der Waals surface area contributed by atoms with Gasteiger partial charge in [0, 0.05) is 5.69 Å². The first-order valence-corrected chi connectivity index (χ1v) is 6.39. The minimum atomic E-state index is 0.786. The van der Waals surface area contributed by atoms with Gasteiger partial charge in [0.2, 0.25) is 0 Å². The van der Waals surface area contributed by atoms with Crippen LogP contribution in [0.3, 0.4) is 0 Å². The van der Waals surface area contributed by atoms with Gasteiger partial charge in [0.25, 0.3) is 0 Å². The first kappa shape index (κ1) is 10.1. The van der Waals surface area contributed by atoms with E-state index in [0.29, 0.717) is 0 Å². The van der Waals surface area contributed by atoms with Gasteiger partial charge < -0.3 is 8.98 Å². The molecule has 2 aromatic heterocycles. The number of aryl methyl sites for hydroxylation is 1. The molecule has 16 heavy (non-hydrogen) atoms. The van der Waals surface area contributed by atoms with Crippen LogP contribution in [0.2, 0.25) is 0 Å². The predicted molar refractivity (Wildman–Crippen MR) is 64.4 cm³/mol. The molecule has 3 nitrogen and oxygen atoms in total. The van der Waals surface area contributed by atoms with Crippen molar-refractivity contribution in [2.45, 2.75) is 32.2 Å². The highest BCUT2D eigenvalue weighted by Gasteiger charge is 2.15. The number of nitrogens with zero attached hydrogens (tertiary/aromatic N) is 2. The lowest BCUT2D eigenvalue weighted by molar-refractivity contribution is 0.468. The van der Waals surface area contributed by atoms with Crippen LogP contribution < -0.4 is 0 Å². The number of furan rings is 1. The summed E-state index contributed by atoms with van der Waals surface area (Å²) >= 11 is 3.32. The Hall–Kier alpha value is -1.03. The number of aromatic nitrogens is 2. The maximum absolute atomic E-state index is 5.52. The third-order valence-electron chi connectivity index (χ3n) is 3.06. The standard InChI is InChI=1S/C12H13BrN2O/c13-12-6-5-9(16-12)7-15-8-14-10-3-1-2-4-11(10)15/h5-6,8H,1-4,7H2. The molecule has 0 radical (unpaired) electrons. The van der Waals surface area contributed by atoms with E-state index in [1.165, 1.54) is 24.2 Å². The van der Waals surface area contributed by atoms with Crippen molar-refractivity contribution in [2.24, 2.45) is 0 Å². The second-order valence-corrected chi connectivity index (χ2v) is 4.96. The largest absolute Gasteiger partial charge is 0.452 e. The molecule has 0 aliphatic heterocycles. The van der Waals surface area contributed by atoms with Crippen LogP contribution in [0, 0.1) is 0 Å². The molecule has 2 aromatic rings. The molecule has 1 aliphatic carbocycles. The second-order valence-electron chi connectivity index (χ2n) is 4.18. The lowest BCUT2D eigenvalue weighted by Crippen LogP contribution is -2.08. The molecule has 0 amide bonds. The highest BCUT2D eigenvalue weighted by atomic mass is 79.9. The van der Waals surface area contributed by atoms with Crippen LogP contribution in [0.4, 0.5) is 0 Å². The molecule has 0 bridgehead atoms. The van der Waals surface area contributed by atoms with Crippen molar-refractivity contribution in [3.05, 3.63) is 40.3 Å². The van der Waals surface area contributed by atoms with Gasteiger partial charge in [-0.15, -0.1) is 0 Å². The zero-order valence-corrected chi connectivity index (χ0v) is 10.5. The number of fused-ring (bicyclic) bond motifs is 1. The van der Waals surface area contributed by atoms with E-state index in [1.54, 1.807) is 0 Å². The van der Waals surface area contributed by atoms with Gasteiger partial charge in [-0.2, -0.15) is 0 Å². The molecule has 84 valence electrons. The summed E-state index contributed by atoms with van der Waals surface area (Å²) in [7, 11) is 0. The molecule has 0 spiro atoms. The monoisotopic (exact) mass is 280 g/mol. The molecule has 0 unspecified atom stereocenters. The number of halogens is 1. The van der Waals surface area contributed by atoms with Crippen molar-refractivity contribution in [3.8, 4) is 0 Å². The third kappa shape index (κ3) is 1.82. The zero-order chi connectivity index (χ0) is 11.0. The minimum absolute atomic E-state index is 0.786. The second kappa shape index (κ2) is 4.09. The van der Waals surface area contributed by atoms with Gasteiger partial charge >= 0.3 is 0 Å². The normalized spacial score (nSPS) is 15.1. The molecular formula is C12H13BrN2O. The Morgan fingerprint density at radius 1 is 1.31 bits per heavy atom. The maximum Gasteiger partial charge on any atom is 0.169 e. The van der Waals surface area contributed by atoms with Gasteiger partial charge in [-0.3, -0.25) is 0 Å². The van der Waals surface area contributed by atoms with Crippen LogP contribution in [0.1, 0.15) is 30.0 Å². The lowest BCUT2D eigenvalue weighted by atomic mass is 10.0. The molecule has 4 heteroatoms. The number of imidazole rings is 1. The zero-order valence-electron chi connectivity index (χ0n) is 8.95. The van der Waals surface area contributed by atoms with Crippen molar-refractivity contribution in [1.82, 2.24) is 9.55 Å². The average Bonchev–Trinajstić information content (AvgIpc) is 2.87. The Morgan fingerprint density at radius 3 is 3.00 bits per heavy atom. The fraction of sp³-hybridized carbons (Fsp3) is 0.417. The molecule has 0 fully saturated rings. The number of rotatable bonds is 2. The Morgan fingerprint density at radius 2 is 2.19 bits per heavy atom. The highest BCUT2D eigenvalue weighted by molar-refractivity contribution is 9.10. The fourth-order valence-electron chi connectivity index (χ4n) is 2.27. The van der Waals surface area contributed by atoms with Crippen molar-refractivity contribution < 1.29 is 4.42 Å². The maximum atomic E-state index is 5.52. The lowest BCUT2D eigenvalue weighted by Gasteiger charge is -2.12. The number of hydrogen-bond donors (Lipinski definition) is 0. The fourth-order valence-corrected chi connectivity index (χ4v) is 2.61. The molecule has 3 rings (SSSR count). The van der Waals surface area contributed by atoms with Crippen LogP contribution in [-0.2, 0) is 19.4 Å². The average molecular weight is 281 g/mol. The SMILES string of the molecule is Brc1ccc(Cn2cnc3c2CCCC3)o1. The van der Waals surface area contributed by atoms with Crippen molar-refractivity contribution >= 4 is 15.9 Å². The smallest absolute Gasteiger partial charge is 0.169 e. The van der Waals surface area contributed by atoms with Gasteiger partial charge in [-0.05, 0) is 53.7 Å². The van der Waals surface area contributed by atoms with E-state index >= 15 is 0 Å².